The number of aromatic carboxylic acids is 1. The van der Waals surface area contributed by atoms with E-state index in [1.807, 2.05) is 0 Å². The highest BCUT2D eigenvalue weighted by molar-refractivity contribution is 5.95. The van der Waals surface area contributed by atoms with Crippen molar-refractivity contribution in [2.75, 3.05) is 31.3 Å². The maximum atomic E-state index is 15.0. The van der Waals surface area contributed by atoms with Crippen LogP contribution in [0.4, 0.5) is 14.5 Å². The molecule has 0 bridgehead atoms. The summed E-state index contributed by atoms with van der Waals surface area (Å²) < 4.78 is 35.6. The normalized spacial score (nSPS) is 20.3. The molecule has 1 aliphatic carbocycles. The van der Waals surface area contributed by atoms with E-state index in [9.17, 15) is 19.1 Å². The molecule has 2 aliphatic rings. The van der Waals surface area contributed by atoms with Gasteiger partial charge in [0.2, 0.25) is 5.43 Å². The molecule has 144 valence electrons. The van der Waals surface area contributed by atoms with E-state index in [0.717, 1.165) is 18.9 Å². The molecule has 2 fully saturated rings. The highest BCUT2D eigenvalue weighted by atomic mass is 19.1. The number of alkyl halides is 1. The number of fused-ring (bicyclic) bond motifs is 1. The van der Waals surface area contributed by atoms with Crippen LogP contribution < -0.4 is 10.3 Å². The van der Waals surface area contributed by atoms with E-state index in [1.165, 1.54) is 6.20 Å². The van der Waals surface area contributed by atoms with E-state index in [-0.39, 0.29) is 29.3 Å². The van der Waals surface area contributed by atoms with Crippen LogP contribution >= 0.6 is 0 Å². The van der Waals surface area contributed by atoms with Crippen molar-refractivity contribution in [1.82, 2.24) is 4.57 Å². The average molecular weight is 378 g/mol. The first-order chi connectivity index (χ1) is 12.9. The summed E-state index contributed by atoms with van der Waals surface area (Å²) in [6.07, 6.45) is 3.09. The van der Waals surface area contributed by atoms with Crippen LogP contribution in [0.15, 0.2) is 17.1 Å². The second-order valence-electron chi connectivity index (χ2n) is 7.12. The quantitative estimate of drug-likeness (QED) is 0.886. The third kappa shape index (κ3) is 2.88. The van der Waals surface area contributed by atoms with Gasteiger partial charge in [0.15, 0.2) is 0 Å². The van der Waals surface area contributed by atoms with Gasteiger partial charge in [-0.2, -0.15) is 0 Å². The molecule has 1 saturated carbocycles. The molecule has 8 heteroatoms. The lowest BCUT2D eigenvalue weighted by molar-refractivity contribution is 0.0694. The molecule has 4 rings (SSSR count). The zero-order valence-corrected chi connectivity index (χ0v) is 14.9. The Morgan fingerprint density at radius 3 is 2.78 bits per heavy atom. The highest BCUT2D eigenvalue weighted by Crippen LogP contribution is 2.40. The fourth-order valence-corrected chi connectivity index (χ4v) is 3.89. The van der Waals surface area contributed by atoms with Crippen molar-refractivity contribution in [3.63, 3.8) is 0 Å². The Kier molecular flexibility index (Phi) is 4.38. The summed E-state index contributed by atoms with van der Waals surface area (Å²) in [5.74, 6) is -1.98. The summed E-state index contributed by atoms with van der Waals surface area (Å²) in [7, 11) is 0. The van der Waals surface area contributed by atoms with Crippen LogP contribution in [-0.4, -0.2) is 48.1 Å². The topological polar surface area (TPSA) is 71.8 Å². The minimum Gasteiger partial charge on any atom is -0.477 e. The largest absolute Gasteiger partial charge is 0.477 e. The van der Waals surface area contributed by atoms with Gasteiger partial charge in [-0.3, -0.25) is 4.79 Å². The maximum Gasteiger partial charge on any atom is 0.341 e. The van der Waals surface area contributed by atoms with E-state index in [4.69, 9.17) is 4.74 Å². The number of hydrogen-bond acceptors (Lipinski definition) is 4. The molecule has 27 heavy (non-hydrogen) atoms. The minimum atomic E-state index is -1.33. The first-order valence-electron chi connectivity index (χ1n) is 8.95. The number of anilines is 1. The fraction of sp³-hybridized carbons (Fsp3) is 0.474. The van der Waals surface area contributed by atoms with Crippen LogP contribution in [0.3, 0.4) is 0 Å². The Labute approximate surface area is 154 Å². The van der Waals surface area contributed by atoms with E-state index in [0.29, 0.717) is 24.2 Å². The molecule has 6 nitrogen and oxygen atoms in total. The molecule has 2 heterocycles. The lowest BCUT2D eigenvalue weighted by atomic mass is 10.0. The van der Waals surface area contributed by atoms with Gasteiger partial charge in [0.25, 0.3) is 0 Å². The zero-order chi connectivity index (χ0) is 19.3. The van der Waals surface area contributed by atoms with Gasteiger partial charge >= 0.3 is 5.97 Å². The first-order valence-corrected chi connectivity index (χ1v) is 8.95. The Bertz CT molecular complexity index is 984. The van der Waals surface area contributed by atoms with Gasteiger partial charge < -0.3 is 19.3 Å². The summed E-state index contributed by atoms with van der Waals surface area (Å²) in [5, 5.41) is 9.39. The van der Waals surface area contributed by atoms with Crippen LogP contribution in [0, 0.1) is 12.7 Å². The summed E-state index contributed by atoms with van der Waals surface area (Å²) >= 11 is 0. The van der Waals surface area contributed by atoms with Crippen molar-refractivity contribution in [1.29, 1.82) is 0 Å². The predicted octanol–water partition coefficient (Wildman–Crippen LogP) is 2.66. The lowest BCUT2D eigenvalue weighted by Gasteiger charge is -2.37. The molecule has 1 unspecified atom stereocenters. The number of aromatic nitrogens is 1. The average Bonchev–Trinajstić information content (AvgIpc) is 3.47. The molecule has 1 saturated heterocycles. The molecular weight excluding hydrogens is 358 g/mol. The van der Waals surface area contributed by atoms with Crippen LogP contribution in [0.2, 0.25) is 0 Å². The van der Waals surface area contributed by atoms with Crippen LogP contribution in [-0.2, 0) is 4.74 Å². The van der Waals surface area contributed by atoms with Crippen LogP contribution in [0.1, 0.15) is 34.8 Å². The molecule has 1 aromatic carbocycles. The molecule has 0 spiro atoms. The number of carboxylic acids is 1. The van der Waals surface area contributed by atoms with Gasteiger partial charge in [0.05, 0.1) is 30.5 Å². The number of aryl methyl sites for hydroxylation is 1. The molecule has 1 N–H and O–H groups in total. The Morgan fingerprint density at radius 2 is 2.15 bits per heavy atom. The molecule has 1 aliphatic heterocycles. The number of ether oxygens (including phenoxy) is 1. The summed E-state index contributed by atoms with van der Waals surface area (Å²) in [5.41, 5.74) is 0.227. The number of rotatable bonds is 4. The number of benzene rings is 1. The van der Waals surface area contributed by atoms with Gasteiger partial charge in [-0.05, 0) is 31.4 Å². The Balaban J connectivity index is 2.01. The Morgan fingerprint density at radius 1 is 1.41 bits per heavy atom. The molecule has 0 radical (unpaired) electrons. The number of hydrogen-bond donors (Lipinski definition) is 1. The van der Waals surface area contributed by atoms with Crippen LogP contribution in [0.25, 0.3) is 10.9 Å². The van der Waals surface area contributed by atoms with Crippen molar-refractivity contribution < 1.29 is 23.4 Å². The zero-order valence-electron chi connectivity index (χ0n) is 14.9. The molecular formula is C19H20F2N2O4. The smallest absolute Gasteiger partial charge is 0.341 e. The predicted molar refractivity (Wildman–Crippen MR) is 96.1 cm³/mol. The van der Waals surface area contributed by atoms with E-state index >= 15 is 4.39 Å². The van der Waals surface area contributed by atoms with Crippen molar-refractivity contribution >= 4 is 22.6 Å². The fourth-order valence-electron chi connectivity index (χ4n) is 3.89. The number of carbonyl (C=O) groups is 1. The van der Waals surface area contributed by atoms with E-state index < -0.39 is 29.9 Å². The van der Waals surface area contributed by atoms with Gasteiger partial charge in [-0.15, -0.1) is 0 Å². The summed E-state index contributed by atoms with van der Waals surface area (Å²) in [6, 6.07) is 0.587. The van der Waals surface area contributed by atoms with Crippen molar-refractivity contribution in [2.45, 2.75) is 31.8 Å². The second kappa shape index (κ2) is 6.60. The Hall–Kier alpha value is -2.48. The standard InChI is InChI=1S/C19H20F2N2O4/c1-10-16-13(18(24)14(19(25)26)8-23(16)11-2-3-11)6-15(21)17(10)22-4-5-27-9-12(22)7-20/h6,8,11-12H,2-5,7,9H2,1H3,(H,25,26). The van der Waals surface area contributed by atoms with Crippen molar-refractivity contribution in [3.05, 3.63) is 39.4 Å². The van der Waals surface area contributed by atoms with Gasteiger partial charge in [-0.1, -0.05) is 0 Å². The molecule has 0 amide bonds. The number of pyridine rings is 1. The molecule has 1 aromatic heterocycles. The van der Waals surface area contributed by atoms with E-state index in [2.05, 4.69) is 0 Å². The summed E-state index contributed by atoms with van der Waals surface area (Å²) in [4.78, 5) is 25.7. The van der Waals surface area contributed by atoms with Gasteiger partial charge in [-0.25, -0.2) is 13.6 Å². The second-order valence-corrected chi connectivity index (χ2v) is 7.12. The number of morpholine rings is 1. The maximum absolute atomic E-state index is 15.0. The van der Waals surface area contributed by atoms with Crippen molar-refractivity contribution in [2.24, 2.45) is 0 Å². The SMILES string of the molecule is Cc1c(N2CCOCC2CF)c(F)cc2c(=O)c(C(=O)O)cn(C3CC3)c12. The number of carboxylic acid groups (broad SMARTS) is 1. The third-order valence-electron chi connectivity index (χ3n) is 5.34. The molecule has 1 atom stereocenters. The minimum absolute atomic E-state index is 0.0469. The van der Waals surface area contributed by atoms with Gasteiger partial charge in [0.1, 0.15) is 18.1 Å². The molecule has 2 aromatic rings. The van der Waals surface area contributed by atoms with Gasteiger partial charge in [0, 0.05) is 24.2 Å². The highest BCUT2D eigenvalue weighted by Gasteiger charge is 2.32. The monoisotopic (exact) mass is 378 g/mol. The lowest BCUT2D eigenvalue weighted by Crippen LogP contribution is -2.47. The van der Waals surface area contributed by atoms with Crippen molar-refractivity contribution in [3.8, 4) is 0 Å². The number of halogens is 2. The first kappa shape index (κ1) is 17.9. The number of nitrogens with zero attached hydrogens (tertiary/aromatic N) is 2. The third-order valence-corrected chi connectivity index (χ3v) is 5.34. The summed E-state index contributed by atoms with van der Waals surface area (Å²) in [6.45, 7) is 1.90. The van der Waals surface area contributed by atoms with E-state index in [1.54, 1.807) is 16.4 Å². The van der Waals surface area contributed by atoms with Crippen LogP contribution in [0.5, 0.6) is 0 Å².